The highest BCUT2D eigenvalue weighted by atomic mass is 35.5. The van der Waals surface area contributed by atoms with Gasteiger partial charge in [0, 0.05) is 49.5 Å². The minimum atomic E-state index is -0.253. The molecular formula is C23H23ClN10O2. The van der Waals surface area contributed by atoms with E-state index in [4.69, 9.17) is 21.3 Å². The number of aromatic nitrogens is 9. The summed E-state index contributed by atoms with van der Waals surface area (Å²) < 4.78 is 11.6. The van der Waals surface area contributed by atoms with Gasteiger partial charge in [-0.2, -0.15) is 10.1 Å². The molecule has 0 saturated carbocycles. The van der Waals surface area contributed by atoms with Crippen LogP contribution in [0.4, 0.5) is 0 Å². The summed E-state index contributed by atoms with van der Waals surface area (Å²) in [5.74, 6) is 1.01. The van der Waals surface area contributed by atoms with Gasteiger partial charge >= 0.3 is 0 Å². The van der Waals surface area contributed by atoms with E-state index in [1.165, 1.54) is 10.8 Å². The Labute approximate surface area is 210 Å². The number of hydrogen-bond acceptors (Lipinski definition) is 8. The van der Waals surface area contributed by atoms with E-state index in [2.05, 4.69) is 25.1 Å². The lowest BCUT2D eigenvalue weighted by Crippen LogP contribution is -2.31. The average Bonchev–Trinajstić information content (AvgIpc) is 3.65. The Morgan fingerprint density at radius 2 is 2.14 bits per heavy atom. The van der Waals surface area contributed by atoms with Crippen LogP contribution in [0.1, 0.15) is 29.7 Å². The second-order valence-electron chi connectivity index (χ2n) is 8.67. The van der Waals surface area contributed by atoms with Gasteiger partial charge in [0.2, 0.25) is 11.7 Å². The maximum atomic E-state index is 13.0. The van der Waals surface area contributed by atoms with E-state index in [1.807, 2.05) is 36.3 Å². The quantitative estimate of drug-likeness (QED) is 0.356. The molecule has 1 fully saturated rings. The number of ether oxygens (including phenoxy) is 1. The lowest BCUT2D eigenvalue weighted by molar-refractivity contribution is 0.0760. The molecule has 12 nitrogen and oxygen atoms in total. The Hall–Kier alpha value is -4.06. The third-order valence-electron chi connectivity index (χ3n) is 6.47. The smallest absolute Gasteiger partial charge is 0.293 e. The Morgan fingerprint density at radius 1 is 1.28 bits per heavy atom. The number of rotatable bonds is 5. The molecule has 0 aromatic carbocycles. The molecule has 1 unspecified atom stereocenters. The first-order chi connectivity index (χ1) is 17.4. The van der Waals surface area contributed by atoms with Crippen molar-refractivity contribution < 1.29 is 9.53 Å². The molecule has 36 heavy (non-hydrogen) atoms. The molecule has 13 heteroatoms. The summed E-state index contributed by atoms with van der Waals surface area (Å²) in [4.78, 5) is 32.6. The van der Waals surface area contributed by atoms with Crippen LogP contribution in [0.5, 0.6) is 5.88 Å². The average molecular weight is 507 g/mol. The number of likely N-dealkylation sites (tertiary alicyclic amines) is 1. The largest absolute Gasteiger partial charge is 0.471 e. The summed E-state index contributed by atoms with van der Waals surface area (Å²) in [6.07, 6.45) is 5.37. The lowest BCUT2D eigenvalue weighted by atomic mass is 10.2. The van der Waals surface area contributed by atoms with Gasteiger partial charge in [-0.3, -0.25) is 9.48 Å². The zero-order chi connectivity index (χ0) is 25.0. The van der Waals surface area contributed by atoms with Crippen molar-refractivity contribution >= 4 is 34.3 Å². The third-order valence-corrected chi connectivity index (χ3v) is 6.70. The Morgan fingerprint density at radius 3 is 2.94 bits per heavy atom. The first kappa shape index (κ1) is 22.4. The number of hydrogen-bond donors (Lipinski definition) is 0. The summed E-state index contributed by atoms with van der Waals surface area (Å²) in [5, 5.41) is 9.25. The summed E-state index contributed by atoms with van der Waals surface area (Å²) >= 11 is 6.02. The molecule has 1 amide bonds. The number of pyridine rings is 1. The number of halogens is 1. The normalized spacial score (nSPS) is 15.9. The van der Waals surface area contributed by atoms with Gasteiger partial charge in [-0.15, -0.1) is 5.10 Å². The van der Waals surface area contributed by atoms with E-state index < -0.39 is 0 Å². The highest BCUT2D eigenvalue weighted by Crippen LogP contribution is 2.30. The van der Waals surface area contributed by atoms with Crippen LogP contribution in [0.3, 0.4) is 0 Å². The van der Waals surface area contributed by atoms with Gasteiger partial charge in [-0.25, -0.2) is 19.5 Å². The monoisotopic (exact) mass is 506 g/mol. The van der Waals surface area contributed by atoms with Crippen molar-refractivity contribution in [1.82, 2.24) is 48.8 Å². The molecule has 1 atom stereocenters. The topological polar surface area (TPSA) is 121 Å². The number of carbonyl (C=O) groups excluding carboxylic acids is 1. The number of nitrogens with zero attached hydrogens (tertiary/aromatic N) is 10. The van der Waals surface area contributed by atoms with Crippen LogP contribution in [0.25, 0.3) is 28.2 Å². The molecule has 0 N–H and O–H groups in total. The number of amides is 1. The van der Waals surface area contributed by atoms with Crippen molar-refractivity contribution in [2.45, 2.75) is 32.9 Å². The fourth-order valence-electron chi connectivity index (χ4n) is 4.55. The molecule has 0 spiro atoms. The van der Waals surface area contributed by atoms with Gasteiger partial charge in [0.15, 0.2) is 16.8 Å². The predicted molar refractivity (Wildman–Crippen MR) is 131 cm³/mol. The van der Waals surface area contributed by atoms with E-state index in [0.717, 1.165) is 23.6 Å². The van der Waals surface area contributed by atoms with Gasteiger partial charge in [0.05, 0.1) is 18.3 Å². The van der Waals surface area contributed by atoms with Crippen molar-refractivity contribution in [2.24, 2.45) is 7.05 Å². The van der Waals surface area contributed by atoms with Crippen LogP contribution in [0.2, 0.25) is 5.02 Å². The number of fused-ring (bicyclic) bond motifs is 2. The molecule has 1 aliphatic rings. The van der Waals surface area contributed by atoms with Crippen LogP contribution < -0.4 is 4.74 Å². The van der Waals surface area contributed by atoms with E-state index in [9.17, 15) is 4.79 Å². The summed E-state index contributed by atoms with van der Waals surface area (Å²) in [6, 6.07) is 3.36. The van der Waals surface area contributed by atoms with Crippen molar-refractivity contribution in [3.05, 3.63) is 47.4 Å². The van der Waals surface area contributed by atoms with E-state index in [1.54, 1.807) is 23.2 Å². The third kappa shape index (κ3) is 3.65. The highest BCUT2D eigenvalue weighted by molar-refractivity contribution is 6.30. The SMILES string of the molecule is CCn1ncc(-c2nc3c(OC4CCN(C(=O)c5nc6cc(Cl)ccn6n5)C4)ncnc3n2C)c1C. The highest BCUT2D eigenvalue weighted by Gasteiger charge is 2.31. The van der Waals surface area contributed by atoms with Crippen LogP contribution in [0.15, 0.2) is 30.9 Å². The zero-order valence-corrected chi connectivity index (χ0v) is 20.7. The fraction of sp³-hybridized carbons (Fsp3) is 0.348. The van der Waals surface area contributed by atoms with E-state index >= 15 is 0 Å². The zero-order valence-electron chi connectivity index (χ0n) is 20.0. The summed E-state index contributed by atoms with van der Waals surface area (Å²) in [5.41, 5.74) is 3.72. The minimum absolute atomic E-state index is 0.125. The first-order valence-electron chi connectivity index (χ1n) is 11.6. The second-order valence-corrected chi connectivity index (χ2v) is 9.10. The molecule has 1 aliphatic heterocycles. The lowest BCUT2D eigenvalue weighted by Gasteiger charge is -2.15. The molecule has 5 aromatic rings. The number of carbonyl (C=O) groups is 1. The van der Waals surface area contributed by atoms with Crippen LogP contribution in [-0.2, 0) is 13.6 Å². The molecular weight excluding hydrogens is 484 g/mol. The van der Waals surface area contributed by atoms with Gasteiger partial charge in [0.25, 0.3) is 5.91 Å². The Balaban J connectivity index is 1.23. The van der Waals surface area contributed by atoms with E-state index in [-0.39, 0.29) is 17.8 Å². The maximum Gasteiger partial charge on any atom is 0.293 e. The Bertz CT molecular complexity index is 1620. The molecule has 1 saturated heterocycles. The van der Waals surface area contributed by atoms with Crippen LogP contribution in [0, 0.1) is 6.92 Å². The van der Waals surface area contributed by atoms with Crippen molar-refractivity contribution in [3.63, 3.8) is 0 Å². The summed E-state index contributed by atoms with van der Waals surface area (Å²) in [7, 11) is 1.91. The molecule has 6 heterocycles. The number of aryl methyl sites for hydroxylation is 2. The molecule has 0 bridgehead atoms. The standard InChI is InChI=1S/C23H23ClN10O2/c1-4-33-13(2)16(10-27-33)20-29-18-21(31(20)3)25-12-26-22(18)36-15-6-7-32(11-15)23(35)19-28-17-9-14(24)5-8-34(17)30-19/h5,8-10,12,15H,4,6-7,11H2,1-3H3. The van der Waals surface area contributed by atoms with Crippen molar-refractivity contribution in [2.75, 3.05) is 13.1 Å². The van der Waals surface area contributed by atoms with Crippen molar-refractivity contribution in [3.8, 4) is 17.3 Å². The van der Waals surface area contributed by atoms with Crippen LogP contribution in [-0.4, -0.2) is 73.9 Å². The number of imidazole rings is 1. The Kier molecular flexibility index (Phi) is 5.32. The van der Waals surface area contributed by atoms with Crippen LogP contribution >= 0.6 is 11.6 Å². The molecule has 0 aliphatic carbocycles. The molecule has 6 rings (SSSR count). The van der Waals surface area contributed by atoms with Gasteiger partial charge < -0.3 is 14.2 Å². The second kappa shape index (κ2) is 8.55. The molecule has 184 valence electrons. The first-order valence-corrected chi connectivity index (χ1v) is 12.0. The fourth-order valence-corrected chi connectivity index (χ4v) is 4.70. The van der Waals surface area contributed by atoms with Gasteiger partial charge in [-0.05, 0) is 19.9 Å². The van der Waals surface area contributed by atoms with Gasteiger partial charge in [0.1, 0.15) is 18.3 Å². The van der Waals surface area contributed by atoms with E-state index in [0.29, 0.717) is 47.2 Å². The molecule has 5 aromatic heterocycles. The van der Waals surface area contributed by atoms with Crippen molar-refractivity contribution in [1.29, 1.82) is 0 Å². The summed E-state index contributed by atoms with van der Waals surface area (Å²) in [6.45, 7) is 5.76. The predicted octanol–water partition coefficient (Wildman–Crippen LogP) is 2.54. The maximum absolute atomic E-state index is 13.0. The molecule has 0 radical (unpaired) electrons. The van der Waals surface area contributed by atoms with Gasteiger partial charge in [-0.1, -0.05) is 11.6 Å². The minimum Gasteiger partial charge on any atom is -0.471 e.